The Morgan fingerprint density at radius 3 is 2.55 bits per heavy atom. The first-order valence-corrected chi connectivity index (χ1v) is 7.29. The highest BCUT2D eigenvalue weighted by atomic mass is 19.1. The van der Waals surface area contributed by atoms with Gasteiger partial charge in [0, 0.05) is 32.2 Å². The Morgan fingerprint density at radius 1 is 1.23 bits per heavy atom. The van der Waals surface area contributed by atoms with Gasteiger partial charge in [0.25, 0.3) is 0 Å². The van der Waals surface area contributed by atoms with Gasteiger partial charge in [-0.05, 0) is 32.4 Å². The van der Waals surface area contributed by atoms with Crippen LogP contribution in [0.4, 0.5) is 19.3 Å². The molecule has 1 aromatic rings. The van der Waals surface area contributed by atoms with Crippen LogP contribution in [0.25, 0.3) is 0 Å². The minimum Gasteiger partial charge on any atom is -0.353 e. The second-order valence-corrected chi connectivity index (χ2v) is 4.49. The second-order valence-electron chi connectivity index (χ2n) is 4.49. The first-order valence-electron chi connectivity index (χ1n) is 7.29. The number of amides is 2. The summed E-state index contributed by atoms with van der Waals surface area (Å²) < 4.78 is 37.1. The Labute approximate surface area is 129 Å². The Hall–Kier alpha value is -1.73. The fourth-order valence-corrected chi connectivity index (χ4v) is 1.82. The molecule has 0 aliphatic heterocycles. The average molecular weight is 316 g/mol. The van der Waals surface area contributed by atoms with Crippen molar-refractivity contribution in [3.8, 4) is 0 Å². The highest BCUT2D eigenvalue weighted by Crippen LogP contribution is 2.14. The predicted octanol–water partition coefficient (Wildman–Crippen LogP) is 3.27. The predicted molar refractivity (Wildman–Crippen MR) is 79.7 cm³/mol. The largest absolute Gasteiger partial charge is 0.353 e. The van der Waals surface area contributed by atoms with Crippen LogP contribution < -0.4 is 10.6 Å². The van der Waals surface area contributed by atoms with Gasteiger partial charge in [-0.3, -0.25) is 0 Å². The van der Waals surface area contributed by atoms with E-state index in [4.69, 9.17) is 9.47 Å². The lowest BCUT2D eigenvalue weighted by molar-refractivity contribution is -0.139. The number of benzene rings is 1. The van der Waals surface area contributed by atoms with Crippen molar-refractivity contribution in [3.63, 3.8) is 0 Å². The number of hydrogen-bond donors (Lipinski definition) is 2. The van der Waals surface area contributed by atoms with Gasteiger partial charge in [-0.2, -0.15) is 0 Å². The molecule has 22 heavy (non-hydrogen) atoms. The molecule has 0 bridgehead atoms. The van der Waals surface area contributed by atoms with Crippen molar-refractivity contribution < 1.29 is 23.0 Å². The highest BCUT2D eigenvalue weighted by molar-refractivity contribution is 5.89. The summed E-state index contributed by atoms with van der Waals surface area (Å²) in [7, 11) is 0. The minimum absolute atomic E-state index is 0.195. The molecule has 0 fully saturated rings. The van der Waals surface area contributed by atoms with E-state index in [0.29, 0.717) is 32.6 Å². The fraction of sp³-hybridized carbons (Fsp3) is 0.533. The van der Waals surface area contributed by atoms with Gasteiger partial charge in [0.15, 0.2) is 6.29 Å². The van der Waals surface area contributed by atoms with Crippen LogP contribution in [-0.2, 0) is 9.47 Å². The minimum atomic E-state index is -0.690. The van der Waals surface area contributed by atoms with Crippen molar-refractivity contribution in [2.24, 2.45) is 0 Å². The molecule has 7 heteroatoms. The summed E-state index contributed by atoms with van der Waals surface area (Å²) in [6.07, 6.45) is 0.987. The Bertz CT molecular complexity index is 466. The van der Waals surface area contributed by atoms with Gasteiger partial charge in [-0.25, -0.2) is 13.6 Å². The maximum Gasteiger partial charge on any atom is 0.319 e. The summed E-state index contributed by atoms with van der Waals surface area (Å²) in [5.74, 6) is -1.31. The molecule has 0 saturated carbocycles. The van der Waals surface area contributed by atoms with Gasteiger partial charge in [-0.1, -0.05) is 0 Å². The molecule has 2 amide bonds. The van der Waals surface area contributed by atoms with Gasteiger partial charge >= 0.3 is 6.03 Å². The summed E-state index contributed by atoms with van der Waals surface area (Å²) in [5.41, 5.74) is -0.195. The lowest BCUT2D eigenvalue weighted by Crippen LogP contribution is -2.30. The number of halogens is 2. The third kappa shape index (κ3) is 6.82. The second kappa shape index (κ2) is 10.1. The topological polar surface area (TPSA) is 59.6 Å². The maximum absolute atomic E-state index is 13.4. The van der Waals surface area contributed by atoms with Crippen LogP contribution in [0.15, 0.2) is 18.2 Å². The molecule has 0 saturated heterocycles. The standard InChI is InChI=1S/C15H22F2N2O3/c1-3-21-14(22-4-2)6-5-9-18-15(20)19-13-10-11(16)7-8-12(13)17/h7-8,10,14H,3-6,9H2,1-2H3,(H2,18,19,20). The number of carbonyl (C=O) groups is 1. The van der Waals surface area contributed by atoms with Gasteiger partial charge in [0.05, 0.1) is 5.69 Å². The molecule has 1 aromatic carbocycles. The SMILES string of the molecule is CCOC(CCCNC(=O)Nc1cc(F)ccc1F)OCC. The molecular formula is C15H22F2N2O3. The number of anilines is 1. The number of ether oxygens (including phenoxy) is 2. The Balaban J connectivity index is 2.29. The van der Waals surface area contributed by atoms with Crippen molar-refractivity contribution in [2.45, 2.75) is 33.0 Å². The molecule has 0 atom stereocenters. The van der Waals surface area contributed by atoms with Crippen LogP contribution in [0, 0.1) is 11.6 Å². The Morgan fingerprint density at radius 2 is 1.91 bits per heavy atom. The number of urea groups is 1. The molecule has 1 rings (SSSR count). The van der Waals surface area contributed by atoms with E-state index < -0.39 is 17.7 Å². The molecule has 5 nitrogen and oxygen atoms in total. The summed E-state index contributed by atoms with van der Waals surface area (Å²) in [6.45, 7) is 5.24. The number of carbonyl (C=O) groups excluding carboxylic acids is 1. The van der Waals surface area contributed by atoms with Gasteiger partial charge in [0.2, 0.25) is 0 Å². The van der Waals surface area contributed by atoms with E-state index in [1.807, 2.05) is 13.8 Å². The lowest BCUT2D eigenvalue weighted by Gasteiger charge is -2.16. The molecular weight excluding hydrogens is 294 g/mol. The molecule has 0 radical (unpaired) electrons. The number of rotatable bonds is 9. The summed E-state index contributed by atoms with van der Waals surface area (Å²) in [4.78, 5) is 11.6. The van der Waals surface area contributed by atoms with Crippen LogP contribution in [0.2, 0.25) is 0 Å². The monoisotopic (exact) mass is 316 g/mol. The zero-order valence-corrected chi connectivity index (χ0v) is 12.8. The normalized spacial score (nSPS) is 10.8. The number of hydrogen-bond acceptors (Lipinski definition) is 3. The molecule has 2 N–H and O–H groups in total. The lowest BCUT2D eigenvalue weighted by atomic mass is 10.3. The molecule has 0 heterocycles. The van der Waals surface area contributed by atoms with Crippen molar-refractivity contribution in [1.82, 2.24) is 5.32 Å². The van der Waals surface area contributed by atoms with E-state index in [0.717, 1.165) is 18.2 Å². The quantitative estimate of drug-likeness (QED) is 0.543. The van der Waals surface area contributed by atoms with E-state index in [1.54, 1.807) is 0 Å². The van der Waals surface area contributed by atoms with Crippen LogP contribution >= 0.6 is 0 Å². The van der Waals surface area contributed by atoms with E-state index in [2.05, 4.69) is 10.6 Å². The molecule has 124 valence electrons. The van der Waals surface area contributed by atoms with E-state index in [9.17, 15) is 13.6 Å². The van der Waals surface area contributed by atoms with Crippen LogP contribution in [0.1, 0.15) is 26.7 Å². The highest BCUT2D eigenvalue weighted by Gasteiger charge is 2.09. The zero-order valence-electron chi connectivity index (χ0n) is 12.8. The maximum atomic E-state index is 13.4. The van der Waals surface area contributed by atoms with E-state index >= 15 is 0 Å². The van der Waals surface area contributed by atoms with Crippen molar-refractivity contribution in [2.75, 3.05) is 25.1 Å². The van der Waals surface area contributed by atoms with Gasteiger partial charge in [-0.15, -0.1) is 0 Å². The smallest absolute Gasteiger partial charge is 0.319 e. The van der Waals surface area contributed by atoms with E-state index in [1.165, 1.54) is 0 Å². The average Bonchev–Trinajstić information content (AvgIpc) is 2.48. The van der Waals surface area contributed by atoms with Crippen LogP contribution in [0.5, 0.6) is 0 Å². The van der Waals surface area contributed by atoms with Crippen molar-refractivity contribution in [3.05, 3.63) is 29.8 Å². The van der Waals surface area contributed by atoms with E-state index in [-0.39, 0.29) is 12.0 Å². The summed E-state index contributed by atoms with van der Waals surface area (Å²) >= 11 is 0. The third-order valence-corrected chi connectivity index (χ3v) is 2.78. The van der Waals surface area contributed by atoms with Gasteiger partial charge in [0.1, 0.15) is 11.6 Å². The van der Waals surface area contributed by atoms with Gasteiger partial charge < -0.3 is 20.1 Å². The fourth-order valence-electron chi connectivity index (χ4n) is 1.82. The Kier molecular flexibility index (Phi) is 8.39. The molecule has 0 aliphatic carbocycles. The zero-order chi connectivity index (χ0) is 16.4. The summed E-state index contributed by atoms with van der Waals surface area (Å²) in [6, 6.07) is 2.28. The van der Waals surface area contributed by atoms with Crippen molar-refractivity contribution >= 4 is 11.7 Å². The molecule has 0 aliphatic rings. The third-order valence-electron chi connectivity index (χ3n) is 2.78. The molecule has 0 spiro atoms. The van der Waals surface area contributed by atoms with Crippen LogP contribution in [-0.4, -0.2) is 32.1 Å². The van der Waals surface area contributed by atoms with Crippen LogP contribution in [0.3, 0.4) is 0 Å². The molecule has 0 aromatic heterocycles. The summed E-state index contributed by atoms with van der Waals surface area (Å²) in [5, 5.41) is 4.83. The van der Waals surface area contributed by atoms with Crippen molar-refractivity contribution in [1.29, 1.82) is 0 Å². The first kappa shape index (κ1) is 18.3. The first-order chi connectivity index (χ1) is 10.6. The number of nitrogens with one attached hydrogen (secondary N) is 2. The molecule has 0 unspecified atom stereocenters.